The minimum atomic E-state index is 0.363. The van der Waals surface area contributed by atoms with E-state index in [0.717, 1.165) is 16.7 Å². The first-order valence-electron chi connectivity index (χ1n) is 5.80. The van der Waals surface area contributed by atoms with Gasteiger partial charge in [0.05, 0.1) is 12.6 Å². The van der Waals surface area contributed by atoms with Crippen LogP contribution in [0.25, 0.3) is 10.9 Å². The molecular weight excluding hydrogens is 260 g/mol. The fourth-order valence-electron chi connectivity index (χ4n) is 1.72. The molecule has 4 nitrogen and oxygen atoms in total. The third-order valence-electron chi connectivity index (χ3n) is 2.70. The lowest BCUT2D eigenvalue weighted by Gasteiger charge is -2.06. The number of rotatable bonds is 4. The summed E-state index contributed by atoms with van der Waals surface area (Å²) in [6.07, 6.45) is 1.74. The molecule has 0 bridgehead atoms. The predicted octanol–water partition coefficient (Wildman–Crippen LogP) is 3.28. The molecule has 0 saturated heterocycles. The number of fused-ring (bicyclic) bond motifs is 1. The predicted molar refractivity (Wildman–Crippen MR) is 74.7 cm³/mol. The van der Waals surface area contributed by atoms with Crippen LogP contribution in [-0.2, 0) is 6.61 Å². The van der Waals surface area contributed by atoms with Gasteiger partial charge in [0.2, 0.25) is 0 Å². The molecule has 96 valence electrons. The van der Waals surface area contributed by atoms with Gasteiger partial charge in [0.25, 0.3) is 0 Å². The van der Waals surface area contributed by atoms with Crippen LogP contribution in [0.4, 0.5) is 0 Å². The fraction of sp³-hybridized carbons (Fsp3) is 0.143. The Hall–Kier alpha value is -2.14. The number of benzene rings is 1. The minimum Gasteiger partial charge on any atom is -0.489 e. The molecule has 0 spiro atoms. The number of aromatic nitrogens is 2. The van der Waals surface area contributed by atoms with Gasteiger partial charge in [-0.1, -0.05) is 0 Å². The van der Waals surface area contributed by atoms with Crippen molar-refractivity contribution in [2.45, 2.75) is 6.61 Å². The Kier molecular flexibility index (Phi) is 3.29. The van der Waals surface area contributed by atoms with E-state index in [0.29, 0.717) is 12.6 Å². The van der Waals surface area contributed by atoms with Gasteiger partial charge in [-0.15, -0.1) is 0 Å². The third-order valence-corrected chi connectivity index (χ3v) is 3.43. The molecule has 0 saturated carbocycles. The maximum Gasteiger partial charge on any atom is 0.316 e. The van der Waals surface area contributed by atoms with Gasteiger partial charge in [-0.25, -0.2) is 4.98 Å². The lowest BCUT2D eigenvalue weighted by atomic mass is 10.2. The van der Waals surface area contributed by atoms with Crippen LogP contribution in [0.2, 0.25) is 0 Å². The zero-order valence-electron chi connectivity index (χ0n) is 10.4. The van der Waals surface area contributed by atoms with Gasteiger partial charge in [0, 0.05) is 17.6 Å². The monoisotopic (exact) mass is 272 g/mol. The molecule has 0 aliphatic heterocycles. The van der Waals surface area contributed by atoms with Crippen LogP contribution in [0.1, 0.15) is 5.56 Å². The van der Waals surface area contributed by atoms with E-state index < -0.39 is 0 Å². The molecule has 2 aromatic heterocycles. The summed E-state index contributed by atoms with van der Waals surface area (Å²) >= 11 is 1.67. The summed E-state index contributed by atoms with van der Waals surface area (Å²) in [6.45, 7) is 0.567. The van der Waals surface area contributed by atoms with Crippen molar-refractivity contribution in [1.82, 2.24) is 9.97 Å². The number of methoxy groups -OCH3 is 1. The van der Waals surface area contributed by atoms with Crippen molar-refractivity contribution in [3.8, 4) is 11.8 Å². The average molecular weight is 272 g/mol. The van der Waals surface area contributed by atoms with Crippen LogP contribution in [0.5, 0.6) is 11.8 Å². The van der Waals surface area contributed by atoms with Gasteiger partial charge in [-0.3, -0.25) is 0 Å². The van der Waals surface area contributed by atoms with E-state index >= 15 is 0 Å². The lowest BCUT2D eigenvalue weighted by Crippen LogP contribution is -1.95. The molecule has 0 radical (unpaired) electrons. The largest absolute Gasteiger partial charge is 0.489 e. The van der Waals surface area contributed by atoms with Crippen LogP contribution >= 0.6 is 11.3 Å². The molecule has 2 heterocycles. The van der Waals surface area contributed by atoms with Crippen molar-refractivity contribution in [1.29, 1.82) is 0 Å². The van der Waals surface area contributed by atoms with E-state index in [1.165, 1.54) is 5.56 Å². The molecule has 1 aromatic carbocycles. The van der Waals surface area contributed by atoms with Crippen molar-refractivity contribution in [2.75, 3.05) is 7.11 Å². The van der Waals surface area contributed by atoms with Crippen LogP contribution in [-0.4, -0.2) is 17.1 Å². The molecule has 0 aliphatic rings. The summed E-state index contributed by atoms with van der Waals surface area (Å²) < 4.78 is 10.8. The van der Waals surface area contributed by atoms with Gasteiger partial charge in [0.1, 0.15) is 12.4 Å². The molecule has 0 amide bonds. The molecule has 5 heteroatoms. The normalized spacial score (nSPS) is 10.6. The smallest absolute Gasteiger partial charge is 0.316 e. The van der Waals surface area contributed by atoms with Crippen molar-refractivity contribution in [3.63, 3.8) is 0 Å². The summed E-state index contributed by atoms with van der Waals surface area (Å²) in [5.41, 5.74) is 1.99. The number of hydrogen-bond donors (Lipinski definition) is 0. The van der Waals surface area contributed by atoms with Gasteiger partial charge < -0.3 is 9.47 Å². The molecule has 0 fully saturated rings. The SMILES string of the molecule is COc1ncc2ccc(OCc3ccsc3)cc2n1. The Morgan fingerprint density at radius 3 is 3.00 bits per heavy atom. The summed E-state index contributed by atoms with van der Waals surface area (Å²) in [4.78, 5) is 8.36. The first kappa shape index (κ1) is 11.9. The quantitative estimate of drug-likeness (QED) is 0.731. The highest BCUT2D eigenvalue weighted by atomic mass is 32.1. The molecule has 19 heavy (non-hydrogen) atoms. The van der Waals surface area contributed by atoms with Crippen LogP contribution in [0.3, 0.4) is 0 Å². The maximum absolute atomic E-state index is 5.74. The van der Waals surface area contributed by atoms with Crippen molar-refractivity contribution in [2.24, 2.45) is 0 Å². The average Bonchev–Trinajstić information content (AvgIpc) is 2.97. The minimum absolute atomic E-state index is 0.363. The van der Waals surface area contributed by atoms with E-state index in [2.05, 4.69) is 21.4 Å². The summed E-state index contributed by atoms with van der Waals surface area (Å²) in [7, 11) is 1.55. The second kappa shape index (κ2) is 5.24. The Bertz CT molecular complexity index is 683. The molecular formula is C14H12N2O2S. The Morgan fingerprint density at radius 1 is 1.26 bits per heavy atom. The summed E-state index contributed by atoms with van der Waals surface area (Å²) in [5, 5.41) is 5.08. The van der Waals surface area contributed by atoms with Gasteiger partial charge in [0.15, 0.2) is 0 Å². The first-order chi connectivity index (χ1) is 9.35. The standard InChI is InChI=1S/C14H12N2O2S/c1-17-14-15-7-11-2-3-12(6-13(11)16-14)18-8-10-4-5-19-9-10/h2-7,9H,8H2,1H3. The first-order valence-corrected chi connectivity index (χ1v) is 6.74. The second-order valence-electron chi connectivity index (χ2n) is 4.00. The maximum atomic E-state index is 5.74. The summed E-state index contributed by atoms with van der Waals surface area (Å²) in [6, 6.07) is 8.17. The van der Waals surface area contributed by atoms with E-state index in [9.17, 15) is 0 Å². The number of hydrogen-bond acceptors (Lipinski definition) is 5. The second-order valence-corrected chi connectivity index (χ2v) is 4.78. The Labute approximate surface area is 114 Å². The molecule has 0 atom stereocenters. The van der Waals surface area contributed by atoms with E-state index in [4.69, 9.17) is 9.47 Å². The van der Waals surface area contributed by atoms with Crippen molar-refractivity contribution in [3.05, 3.63) is 46.8 Å². The molecule has 3 rings (SSSR count). The highest BCUT2D eigenvalue weighted by molar-refractivity contribution is 7.07. The molecule has 3 aromatic rings. The summed E-state index contributed by atoms with van der Waals surface area (Å²) in [5.74, 6) is 0.791. The van der Waals surface area contributed by atoms with E-state index in [1.807, 2.05) is 23.6 Å². The Balaban J connectivity index is 1.83. The number of thiophene rings is 1. The molecule has 0 unspecified atom stereocenters. The van der Waals surface area contributed by atoms with Gasteiger partial charge in [-0.2, -0.15) is 16.3 Å². The van der Waals surface area contributed by atoms with Gasteiger partial charge in [-0.05, 0) is 34.5 Å². The van der Waals surface area contributed by atoms with Crippen LogP contribution in [0, 0.1) is 0 Å². The third kappa shape index (κ3) is 2.66. The molecule has 0 N–H and O–H groups in total. The fourth-order valence-corrected chi connectivity index (χ4v) is 2.37. The van der Waals surface area contributed by atoms with Crippen molar-refractivity contribution >= 4 is 22.2 Å². The number of ether oxygens (including phenoxy) is 2. The highest BCUT2D eigenvalue weighted by Crippen LogP contribution is 2.21. The molecule has 0 aliphatic carbocycles. The van der Waals surface area contributed by atoms with Gasteiger partial charge >= 0.3 is 6.01 Å². The highest BCUT2D eigenvalue weighted by Gasteiger charge is 2.02. The Morgan fingerprint density at radius 2 is 2.21 bits per heavy atom. The number of nitrogens with zero attached hydrogens (tertiary/aromatic N) is 2. The zero-order chi connectivity index (χ0) is 13.1. The lowest BCUT2D eigenvalue weighted by molar-refractivity contribution is 0.307. The van der Waals surface area contributed by atoms with E-state index in [-0.39, 0.29) is 0 Å². The zero-order valence-corrected chi connectivity index (χ0v) is 11.2. The van der Waals surface area contributed by atoms with E-state index in [1.54, 1.807) is 24.6 Å². The topological polar surface area (TPSA) is 44.2 Å². The van der Waals surface area contributed by atoms with Crippen LogP contribution in [0.15, 0.2) is 41.2 Å². The van der Waals surface area contributed by atoms with Crippen molar-refractivity contribution < 1.29 is 9.47 Å². The van der Waals surface area contributed by atoms with Crippen LogP contribution < -0.4 is 9.47 Å².